The van der Waals surface area contributed by atoms with Crippen LogP contribution >= 0.6 is 0 Å². The number of carboxylic acids is 1. The molecule has 1 fully saturated rings. The van der Waals surface area contributed by atoms with E-state index < -0.39 is 11.8 Å². The number of rotatable bonds is 4. The van der Waals surface area contributed by atoms with Gasteiger partial charge in [-0.05, 0) is 22.8 Å². The molecular formula is C14H19FN2O2. The molecule has 1 aromatic heterocycles. The number of halogens is 1. The van der Waals surface area contributed by atoms with Gasteiger partial charge >= 0.3 is 5.97 Å². The molecule has 0 atom stereocenters. The van der Waals surface area contributed by atoms with Gasteiger partial charge in [-0.2, -0.15) is 0 Å². The molecule has 1 aliphatic carbocycles. The van der Waals surface area contributed by atoms with Crippen molar-refractivity contribution in [3.8, 4) is 0 Å². The lowest BCUT2D eigenvalue weighted by atomic mass is 10.0. The van der Waals surface area contributed by atoms with Gasteiger partial charge < -0.3 is 10.4 Å². The zero-order valence-electron chi connectivity index (χ0n) is 11.6. The lowest BCUT2D eigenvalue weighted by Crippen LogP contribution is -2.12. The van der Waals surface area contributed by atoms with Gasteiger partial charge in [-0.25, -0.2) is 14.2 Å². The standard InChI is InChI=1S/C14H19FN2O2/c1-13(2)9(14(13,3)4)7-17-11-10(15)8(12(18)19)5-6-16-11/h5-6,9H,7H2,1-4H3,(H,16,17)(H,18,19). The highest BCUT2D eigenvalue weighted by Crippen LogP contribution is 2.68. The Morgan fingerprint density at radius 1 is 1.42 bits per heavy atom. The Bertz CT molecular complexity index is 512. The quantitative estimate of drug-likeness (QED) is 0.879. The fourth-order valence-electron chi connectivity index (χ4n) is 2.77. The molecule has 1 heterocycles. The topological polar surface area (TPSA) is 62.2 Å². The smallest absolute Gasteiger partial charge is 0.338 e. The summed E-state index contributed by atoms with van der Waals surface area (Å²) < 4.78 is 13.9. The molecule has 0 spiro atoms. The predicted octanol–water partition coefficient (Wildman–Crippen LogP) is 3.01. The van der Waals surface area contributed by atoms with Gasteiger partial charge in [-0.1, -0.05) is 27.7 Å². The third-order valence-corrected chi connectivity index (χ3v) is 4.91. The van der Waals surface area contributed by atoms with Crippen molar-refractivity contribution < 1.29 is 14.3 Å². The Labute approximate surface area is 112 Å². The Hall–Kier alpha value is -1.65. The van der Waals surface area contributed by atoms with Crippen LogP contribution in [0.15, 0.2) is 12.3 Å². The molecule has 104 valence electrons. The van der Waals surface area contributed by atoms with Crippen LogP contribution in [0.5, 0.6) is 0 Å². The molecule has 0 saturated heterocycles. The molecule has 2 N–H and O–H groups in total. The van der Waals surface area contributed by atoms with Crippen LogP contribution in [-0.2, 0) is 0 Å². The third-order valence-electron chi connectivity index (χ3n) is 4.91. The fourth-order valence-corrected chi connectivity index (χ4v) is 2.77. The highest BCUT2D eigenvalue weighted by molar-refractivity contribution is 5.88. The first kappa shape index (κ1) is 13.8. The van der Waals surface area contributed by atoms with Crippen LogP contribution in [0.4, 0.5) is 10.2 Å². The first-order valence-corrected chi connectivity index (χ1v) is 6.31. The molecule has 1 aliphatic rings. The van der Waals surface area contributed by atoms with E-state index in [1.54, 1.807) is 0 Å². The van der Waals surface area contributed by atoms with Crippen molar-refractivity contribution in [2.24, 2.45) is 16.7 Å². The van der Waals surface area contributed by atoms with Crippen molar-refractivity contribution in [2.45, 2.75) is 27.7 Å². The summed E-state index contributed by atoms with van der Waals surface area (Å²) in [6.45, 7) is 9.30. The molecule has 0 aliphatic heterocycles. The van der Waals surface area contributed by atoms with Crippen LogP contribution in [0.2, 0.25) is 0 Å². The van der Waals surface area contributed by atoms with E-state index in [4.69, 9.17) is 5.11 Å². The van der Waals surface area contributed by atoms with Crippen LogP contribution in [-0.4, -0.2) is 22.6 Å². The number of pyridine rings is 1. The molecule has 19 heavy (non-hydrogen) atoms. The number of hydrogen-bond donors (Lipinski definition) is 2. The van der Waals surface area contributed by atoms with Crippen LogP contribution < -0.4 is 5.32 Å². The maximum atomic E-state index is 13.9. The van der Waals surface area contributed by atoms with E-state index in [0.29, 0.717) is 12.5 Å². The second-order valence-electron chi connectivity index (χ2n) is 6.20. The van der Waals surface area contributed by atoms with Gasteiger partial charge in [-0.3, -0.25) is 0 Å². The molecule has 0 aromatic carbocycles. The van der Waals surface area contributed by atoms with E-state index in [9.17, 15) is 9.18 Å². The van der Waals surface area contributed by atoms with Gasteiger partial charge in [0.2, 0.25) is 0 Å². The van der Waals surface area contributed by atoms with E-state index in [0.717, 1.165) is 6.07 Å². The van der Waals surface area contributed by atoms with Crippen LogP contribution in [0, 0.1) is 22.6 Å². The molecule has 4 nitrogen and oxygen atoms in total. The largest absolute Gasteiger partial charge is 0.478 e. The van der Waals surface area contributed by atoms with E-state index in [2.05, 4.69) is 38.0 Å². The fraction of sp³-hybridized carbons (Fsp3) is 0.571. The second kappa shape index (κ2) is 4.18. The number of carbonyl (C=O) groups is 1. The van der Waals surface area contributed by atoms with E-state index >= 15 is 0 Å². The minimum atomic E-state index is -1.28. The SMILES string of the molecule is CC1(C)C(CNc2nccc(C(=O)O)c2F)C1(C)C. The highest BCUT2D eigenvalue weighted by atomic mass is 19.1. The lowest BCUT2D eigenvalue weighted by molar-refractivity contribution is 0.0692. The summed E-state index contributed by atoms with van der Waals surface area (Å²) in [6.07, 6.45) is 1.30. The Kier molecular flexibility index (Phi) is 3.03. The summed E-state index contributed by atoms with van der Waals surface area (Å²) >= 11 is 0. The van der Waals surface area contributed by atoms with Crippen LogP contribution in [0.3, 0.4) is 0 Å². The summed E-state index contributed by atoms with van der Waals surface area (Å²) in [5, 5.41) is 11.8. The predicted molar refractivity (Wildman–Crippen MR) is 70.7 cm³/mol. The Morgan fingerprint density at radius 2 is 2.00 bits per heavy atom. The number of aromatic nitrogens is 1. The number of nitrogens with zero attached hydrogens (tertiary/aromatic N) is 1. The maximum absolute atomic E-state index is 13.9. The average molecular weight is 266 g/mol. The summed E-state index contributed by atoms with van der Waals surface area (Å²) in [5.74, 6) is -1.66. The van der Waals surface area contributed by atoms with Crippen molar-refractivity contribution in [3.63, 3.8) is 0 Å². The van der Waals surface area contributed by atoms with Crippen LogP contribution in [0.25, 0.3) is 0 Å². The van der Waals surface area contributed by atoms with Gasteiger partial charge in [0.15, 0.2) is 11.6 Å². The minimum absolute atomic E-state index is 0.0124. The van der Waals surface area contributed by atoms with Crippen molar-refractivity contribution in [3.05, 3.63) is 23.6 Å². The third kappa shape index (κ3) is 2.07. The molecule has 0 bridgehead atoms. The molecule has 0 amide bonds. The molecule has 1 aromatic rings. The minimum Gasteiger partial charge on any atom is -0.478 e. The van der Waals surface area contributed by atoms with Crippen molar-refractivity contribution in [1.29, 1.82) is 0 Å². The number of carboxylic acid groups (broad SMARTS) is 1. The normalized spacial score (nSPS) is 20.1. The molecular weight excluding hydrogens is 247 g/mol. The van der Waals surface area contributed by atoms with E-state index in [1.165, 1.54) is 6.20 Å². The summed E-state index contributed by atoms with van der Waals surface area (Å²) in [7, 11) is 0. The lowest BCUT2D eigenvalue weighted by Gasteiger charge is -2.08. The van der Waals surface area contributed by atoms with Gasteiger partial charge in [-0.15, -0.1) is 0 Å². The number of anilines is 1. The van der Waals surface area contributed by atoms with E-state index in [-0.39, 0.29) is 22.2 Å². The Morgan fingerprint density at radius 3 is 2.47 bits per heavy atom. The van der Waals surface area contributed by atoms with Gasteiger partial charge in [0.1, 0.15) is 5.56 Å². The monoisotopic (exact) mass is 266 g/mol. The molecule has 0 radical (unpaired) electrons. The van der Waals surface area contributed by atoms with E-state index in [1.807, 2.05) is 0 Å². The molecule has 2 rings (SSSR count). The zero-order chi connectivity index (χ0) is 14.4. The zero-order valence-corrected chi connectivity index (χ0v) is 11.6. The van der Waals surface area contributed by atoms with Gasteiger partial charge in [0.05, 0.1) is 0 Å². The number of nitrogens with one attached hydrogen (secondary N) is 1. The molecule has 1 saturated carbocycles. The number of hydrogen-bond acceptors (Lipinski definition) is 3. The van der Waals surface area contributed by atoms with Crippen LogP contribution in [0.1, 0.15) is 38.1 Å². The van der Waals surface area contributed by atoms with Crippen molar-refractivity contribution in [2.75, 3.05) is 11.9 Å². The highest BCUT2D eigenvalue weighted by Gasteiger charge is 2.64. The number of aromatic carboxylic acids is 1. The Balaban J connectivity index is 2.10. The molecule has 0 unspecified atom stereocenters. The van der Waals surface area contributed by atoms with Crippen molar-refractivity contribution in [1.82, 2.24) is 4.98 Å². The summed E-state index contributed by atoms with van der Waals surface area (Å²) in [4.78, 5) is 14.7. The summed E-state index contributed by atoms with van der Waals surface area (Å²) in [6, 6.07) is 1.16. The summed E-state index contributed by atoms with van der Waals surface area (Å²) in [5.41, 5.74) is 0.0358. The first-order chi connectivity index (χ1) is 8.69. The molecule has 5 heteroatoms. The van der Waals surface area contributed by atoms with Gasteiger partial charge in [0.25, 0.3) is 0 Å². The van der Waals surface area contributed by atoms with Crippen molar-refractivity contribution >= 4 is 11.8 Å². The maximum Gasteiger partial charge on any atom is 0.338 e. The average Bonchev–Trinajstić information content (AvgIpc) is 2.68. The van der Waals surface area contributed by atoms with Gasteiger partial charge in [0, 0.05) is 12.7 Å². The first-order valence-electron chi connectivity index (χ1n) is 6.31. The second-order valence-corrected chi connectivity index (χ2v) is 6.20.